The van der Waals surface area contributed by atoms with Crippen molar-refractivity contribution < 1.29 is 23.5 Å². The third-order valence-electron chi connectivity index (χ3n) is 5.99. The van der Waals surface area contributed by atoms with Crippen molar-refractivity contribution in [3.05, 3.63) is 91.2 Å². The lowest BCUT2D eigenvalue weighted by Gasteiger charge is -2.23. The molecular weight excluding hydrogens is 530 g/mol. The second-order valence-corrected chi connectivity index (χ2v) is 11.4. The molecule has 0 amide bonds. The van der Waals surface area contributed by atoms with E-state index in [9.17, 15) is 19.3 Å². The summed E-state index contributed by atoms with van der Waals surface area (Å²) < 4.78 is 32.7. The van der Waals surface area contributed by atoms with Gasteiger partial charge in [-0.25, -0.2) is 9.36 Å². The number of ether oxygens (including phenoxy) is 1. The number of benzene rings is 2. The molecule has 0 aliphatic carbocycles. The minimum Gasteiger partial charge on any atom is -0.414 e. The number of para-hydroxylation sites is 2. The number of aliphatic hydroxyl groups excluding tert-OH is 1. The number of aliphatic hydroxyl groups is 1. The summed E-state index contributed by atoms with van der Waals surface area (Å²) in [6.07, 6.45) is -1.26. The van der Waals surface area contributed by atoms with Crippen LogP contribution in [-0.2, 0) is 9.30 Å². The Bertz CT molecular complexity index is 1360. The van der Waals surface area contributed by atoms with E-state index in [1.54, 1.807) is 62.4 Å². The molecule has 9 nitrogen and oxygen atoms in total. The van der Waals surface area contributed by atoms with Gasteiger partial charge in [0.1, 0.15) is 17.6 Å². The SMILES string of the molecule is Cc1cn([C@@H]2O[C@H](CCP(=O)(Oc3ccccc3Cl)Oc3ccccc3Cl)[C@@H](C)[C@@H]2O)c(=O)[nH]c1=O. The first-order valence-electron chi connectivity index (χ1n) is 11.2. The van der Waals surface area contributed by atoms with E-state index in [4.69, 9.17) is 37.0 Å². The molecule has 0 saturated carbocycles. The van der Waals surface area contributed by atoms with Gasteiger partial charge < -0.3 is 18.9 Å². The molecule has 3 aromatic rings. The molecule has 36 heavy (non-hydrogen) atoms. The van der Waals surface area contributed by atoms with E-state index < -0.39 is 43.2 Å². The summed E-state index contributed by atoms with van der Waals surface area (Å²) >= 11 is 12.4. The van der Waals surface area contributed by atoms with Gasteiger partial charge in [-0.15, -0.1) is 0 Å². The van der Waals surface area contributed by atoms with E-state index in [1.807, 2.05) is 0 Å². The molecule has 1 aliphatic rings. The van der Waals surface area contributed by atoms with Crippen LogP contribution in [-0.4, -0.2) is 33.0 Å². The van der Waals surface area contributed by atoms with Crippen molar-refractivity contribution in [3.8, 4) is 11.5 Å². The van der Waals surface area contributed by atoms with Crippen molar-refractivity contribution in [3.63, 3.8) is 0 Å². The van der Waals surface area contributed by atoms with Gasteiger partial charge in [0.2, 0.25) is 0 Å². The van der Waals surface area contributed by atoms with E-state index >= 15 is 0 Å². The Morgan fingerprint density at radius 2 is 1.61 bits per heavy atom. The number of rotatable bonds is 8. The van der Waals surface area contributed by atoms with Crippen LogP contribution in [0.3, 0.4) is 0 Å². The predicted molar refractivity (Wildman–Crippen MR) is 136 cm³/mol. The summed E-state index contributed by atoms with van der Waals surface area (Å²) in [5.41, 5.74) is -0.910. The lowest BCUT2D eigenvalue weighted by molar-refractivity contribution is -0.0405. The smallest absolute Gasteiger partial charge is 0.414 e. The van der Waals surface area contributed by atoms with Crippen LogP contribution >= 0.6 is 30.8 Å². The Kier molecular flexibility index (Phi) is 7.97. The number of nitrogens with one attached hydrogen (secondary N) is 1. The van der Waals surface area contributed by atoms with Gasteiger partial charge in [0.25, 0.3) is 5.56 Å². The molecule has 0 radical (unpaired) electrons. The van der Waals surface area contributed by atoms with Crippen molar-refractivity contribution in [1.82, 2.24) is 9.55 Å². The summed E-state index contributed by atoms with van der Waals surface area (Å²) in [5, 5.41) is 11.3. The highest BCUT2D eigenvalue weighted by Crippen LogP contribution is 2.52. The molecule has 12 heteroatoms. The van der Waals surface area contributed by atoms with Crippen LogP contribution in [0.1, 0.15) is 25.1 Å². The number of H-pyrrole nitrogens is 1. The Morgan fingerprint density at radius 3 is 2.17 bits per heavy atom. The maximum absolute atomic E-state index is 13.9. The number of nitrogens with zero attached hydrogens (tertiary/aromatic N) is 1. The summed E-state index contributed by atoms with van der Waals surface area (Å²) in [5.74, 6) is -0.0607. The van der Waals surface area contributed by atoms with Gasteiger partial charge in [0.05, 0.1) is 22.3 Å². The first kappa shape index (κ1) is 26.5. The molecule has 1 aromatic heterocycles. The Balaban J connectivity index is 1.57. The second kappa shape index (κ2) is 10.8. The molecule has 1 aliphatic heterocycles. The summed E-state index contributed by atoms with van der Waals surface area (Å²) in [7, 11) is -3.88. The molecule has 4 rings (SSSR count). The van der Waals surface area contributed by atoms with E-state index in [-0.39, 0.29) is 34.1 Å². The number of hydrogen-bond donors (Lipinski definition) is 2. The topological polar surface area (TPSA) is 120 Å². The minimum atomic E-state index is -3.88. The highest BCUT2D eigenvalue weighted by atomic mass is 35.5. The molecule has 192 valence electrons. The number of hydrogen-bond acceptors (Lipinski definition) is 7. The average molecular weight is 555 g/mol. The van der Waals surface area contributed by atoms with Crippen molar-refractivity contribution in [2.45, 2.75) is 38.7 Å². The van der Waals surface area contributed by atoms with Crippen molar-refractivity contribution in [1.29, 1.82) is 0 Å². The molecule has 1 fully saturated rings. The third-order valence-corrected chi connectivity index (χ3v) is 8.37. The van der Waals surface area contributed by atoms with E-state index in [2.05, 4.69) is 4.98 Å². The largest absolute Gasteiger partial charge is 0.430 e. The van der Waals surface area contributed by atoms with Gasteiger partial charge in [-0.3, -0.25) is 14.3 Å². The van der Waals surface area contributed by atoms with E-state index in [0.29, 0.717) is 5.56 Å². The van der Waals surface area contributed by atoms with Gasteiger partial charge in [0.15, 0.2) is 6.23 Å². The molecule has 4 atom stereocenters. The molecule has 1 saturated heterocycles. The molecule has 2 heterocycles. The predicted octanol–water partition coefficient (Wildman–Crippen LogP) is 4.79. The van der Waals surface area contributed by atoms with Crippen LogP contribution in [0.5, 0.6) is 11.5 Å². The zero-order valence-corrected chi connectivity index (χ0v) is 21.9. The normalized spacial score (nSPS) is 21.9. The second-order valence-electron chi connectivity index (χ2n) is 8.56. The fraction of sp³-hybridized carbons (Fsp3) is 0.333. The third kappa shape index (κ3) is 5.71. The minimum absolute atomic E-state index is 0.0998. The van der Waals surface area contributed by atoms with Crippen LogP contribution in [0.4, 0.5) is 0 Å². The van der Waals surface area contributed by atoms with Gasteiger partial charge >= 0.3 is 13.3 Å². The molecular formula is C24H25Cl2N2O7P. The van der Waals surface area contributed by atoms with Gasteiger partial charge in [-0.05, 0) is 37.6 Å². The average Bonchev–Trinajstić information content (AvgIpc) is 3.12. The molecule has 0 unspecified atom stereocenters. The van der Waals surface area contributed by atoms with Crippen molar-refractivity contribution in [2.24, 2.45) is 5.92 Å². The Labute approximate surface area is 217 Å². The highest BCUT2D eigenvalue weighted by Gasteiger charge is 2.44. The van der Waals surface area contributed by atoms with Gasteiger partial charge in [-0.1, -0.05) is 54.4 Å². The zero-order chi connectivity index (χ0) is 26.0. The summed E-state index contributed by atoms with van der Waals surface area (Å²) in [6.45, 7) is 3.30. The Morgan fingerprint density at radius 1 is 1.06 bits per heavy atom. The number of halogens is 2. The van der Waals surface area contributed by atoms with E-state index in [0.717, 1.165) is 4.57 Å². The summed E-state index contributed by atoms with van der Waals surface area (Å²) in [4.78, 5) is 26.3. The van der Waals surface area contributed by atoms with Crippen LogP contribution in [0, 0.1) is 12.8 Å². The van der Waals surface area contributed by atoms with Gasteiger partial charge in [0, 0.05) is 17.7 Å². The monoisotopic (exact) mass is 554 g/mol. The number of aromatic nitrogens is 2. The van der Waals surface area contributed by atoms with Gasteiger partial charge in [-0.2, -0.15) is 0 Å². The van der Waals surface area contributed by atoms with E-state index in [1.165, 1.54) is 6.20 Å². The van der Waals surface area contributed by atoms with Crippen LogP contribution in [0.25, 0.3) is 0 Å². The molecule has 0 spiro atoms. The van der Waals surface area contributed by atoms with Crippen LogP contribution in [0.2, 0.25) is 10.0 Å². The fourth-order valence-corrected chi connectivity index (χ4v) is 6.10. The van der Waals surface area contributed by atoms with Crippen LogP contribution < -0.4 is 20.3 Å². The van der Waals surface area contributed by atoms with Crippen molar-refractivity contribution >= 4 is 30.8 Å². The summed E-state index contributed by atoms with van der Waals surface area (Å²) in [6, 6.07) is 13.2. The fourth-order valence-electron chi connectivity index (χ4n) is 3.93. The van der Waals surface area contributed by atoms with Crippen molar-refractivity contribution in [2.75, 3.05) is 6.16 Å². The highest BCUT2D eigenvalue weighted by molar-refractivity contribution is 7.54. The standard InChI is InChI=1S/C24H25Cl2N2O7P/c1-14-13-28(24(31)27-22(14)30)23-21(29)15(2)18(33-23)11-12-36(32,34-19-9-5-3-7-16(19)25)35-20-10-6-4-8-17(20)26/h3-10,13,15,18,21,23,29H,11-12H2,1-2H3,(H,27,30,31)/t15-,18-,21+,23-/m1/s1. The first-order valence-corrected chi connectivity index (χ1v) is 13.7. The number of aromatic amines is 1. The molecule has 2 N–H and O–H groups in total. The molecule has 2 aromatic carbocycles. The lowest BCUT2D eigenvalue weighted by Crippen LogP contribution is -2.37. The Hall–Kier alpha value is -2.55. The zero-order valence-electron chi connectivity index (χ0n) is 19.5. The first-order chi connectivity index (χ1) is 17.1. The number of aryl methyl sites for hydroxylation is 1. The quantitative estimate of drug-likeness (QED) is 0.384. The maximum Gasteiger partial charge on any atom is 0.430 e. The lowest BCUT2D eigenvalue weighted by atomic mass is 9.99. The maximum atomic E-state index is 13.9. The van der Waals surface area contributed by atoms with Crippen LogP contribution in [0.15, 0.2) is 64.3 Å². The molecule has 0 bridgehead atoms.